The normalized spacial score (nSPS) is 22.5. The van der Waals surface area contributed by atoms with Gasteiger partial charge in [-0.1, -0.05) is 18.6 Å². The average molecular weight is 331 g/mol. The highest BCUT2D eigenvalue weighted by molar-refractivity contribution is 5.82. The van der Waals surface area contributed by atoms with Crippen LogP contribution >= 0.6 is 0 Å². The zero-order valence-corrected chi connectivity index (χ0v) is 14.2. The first-order valence-electron chi connectivity index (χ1n) is 8.82. The average Bonchev–Trinajstić information content (AvgIpc) is 2.54. The fourth-order valence-electron chi connectivity index (χ4n) is 3.81. The number of carbonyl (C=O) groups excluding carboxylic acids is 1. The molecule has 0 amide bonds. The molecule has 0 radical (unpaired) electrons. The van der Waals surface area contributed by atoms with E-state index in [4.69, 9.17) is 4.74 Å². The Morgan fingerprint density at radius 3 is 2.50 bits per heavy atom. The number of ether oxygens (including phenoxy) is 1. The quantitative estimate of drug-likeness (QED) is 0.840. The zero-order chi connectivity index (χ0) is 17.2. The van der Waals surface area contributed by atoms with Gasteiger partial charge >= 0.3 is 11.9 Å². The standard InChI is InChI=1S/C19H25NO4/c1-2-24-17(21)14-5-3-12-20(13-14)16-8-6-15(7-9-16)19(18(22)23)10-4-11-19/h6-9,14H,2-5,10-13H2,1H3,(H,22,23). The van der Waals surface area contributed by atoms with E-state index in [0.717, 1.165) is 49.9 Å². The molecular weight excluding hydrogens is 306 g/mol. The first-order chi connectivity index (χ1) is 11.6. The molecule has 1 saturated carbocycles. The summed E-state index contributed by atoms with van der Waals surface area (Å²) in [6, 6.07) is 7.87. The Labute approximate surface area is 142 Å². The number of carbonyl (C=O) groups is 2. The van der Waals surface area contributed by atoms with Crippen LogP contribution in [0.3, 0.4) is 0 Å². The summed E-state index contributed by atoms with van der Waals surface area (Å²) in [5.74, 6) is -0.907. The molecule has 1 heterocycles. The fraction of sp³-hybridized carbons (Fsp3) is 0.579. The number of anilines is 1. The van der Waals surface area contributed by atoms with Gasteiger partial charge in [0.25, 0.3) is 0 Å². The number of aliphatic carboxylic acids is 1. The minimum absolute atomic E-state index is 0.0737. The number of nitrogens with zero attached hydrogens (tertiary/aromatic N) is 1. The Balaban J connectivity index is 1.71. The number of rotatable bonds is 5. The Morgan fingerprint density at radius 2 is 1.96 bits per heavy atom. The molecule has 2 fully saturated rings. The van der Waals surface area contributed by atoms with E-state index >= 15 is 0 Å². The smallest absolute Gasteiger partial charge is 0.314 e. The van der Waals surface area contributed by atoms with Gasteiger partial charge in [-0.3, -0.25) is 9.59 Å². The van der Waals surface area contributed by atoms with Crippen molar-refractivity contribution < 1.29 is 19.4 Å². The molecule has 24 heavy (non-hydrogen) atoms. The molecule has 5 nitrogen and oxygen atoms in total. The van der Waals surface area contributed by atoms with Crippen LogP contribution in [0.25, 0.3) is 0 Å². The van der Waals surface area contributed by atoms with Crippen molar-refractivity contribution in [2.45, 2.75) is 44.4 Å². The molecule has 0 aromatic heterocycles. The zero-order valence-electron chi connectivity index (χ0n) is 14.2. The van der Waals surface area contributed by atoms with Gasteiger partial charge in [-0.15, -0.1) is 0 Å². The van der Waals surface area contributed by atoms with Crippen LogP contribution in [0.1, 0.15) is 44.6 Å². The van der Waals surface area contributed by atoms with Gasteiger partial charge in [0.2, 0.25) is 0 Å². The molecule has 1 aliphatic carbocycles. The first-order valence-corrected chi connectivity index (χ1v) is 8.82. The molecule has 1 saturated heterocycles. The van der Waals surface area contributed by atoms with E-state index in [0.29, 0.717) is 13.2 Å². The molecule has 3 rings (SSSR count). The van der Waals surface area contributed by atoms with Gasteiger partial charge < -0.3 is 14.7 Å². The molecule has 130 valence electrons. The Kier molecular flexibility index (Phi) is 4.78. The highest BCUT2D eigenvalue weighted by Crippen LogP contribution is 2.44. The molecule has 5 heteroatoms. The molecule has 1 aromatic rings. The van der Waals surface area contributed by atoms with Gasteiger partial charge in [-0.2, -0.15) is 0 Å². The minimum Gasteiger partial charge on any atom is -0.481 e. The summed E-state index contributed by atoms with van der Waals surface area (Å²) in [4.78, 5) is 25.8. The van der Waals surface area contributed by atoms with Gasteiger partial charge in [0.1, 0.15) is 0 Å². The summed E-state index contributed by atoms with van der Waals surface area (Å²) in [5.41, 5.74) is 1.25. The second kappa shape index (κ2) is 6.83. The number of piperidine rings is 1. The molecule has 2 aliphatic rings. The van der Waals surface area contributed by atoms with Gasteiger partial charge in [0, 0.05) is 18.8 Å². The van der Waals surface area contributed by atoms with E-state index in [1.807, 2.05) is 31.2 Å². The summed E-state index contributed by atoms with van der Waals surface area (Å²) in [7, 11) is 0. The van der Waals surface area contributed by atoms with E-state index in [1.165, 1.54) is 0 Å². The van der Waals surface area contributed by atoms with Crippen molar-refractivity contribution in [3.63, 3.8) is 0 Å². The van der Waals surface area contributed by atoms with Crippen molar-refractivity contribution in [2.24, 2.45) is 5.92 Å². The van der Waals surface area contributed by atoms with Crippen LogP contribution in [-0.4, -0.2) is 36.7 Å². The van der Waals surface area contributed by atoms with Crippen molar-refractivity contribution in [3.8, 4) is 0 Å². The third kappa shape index (κ3) is 2.99. The summed E-state index contributed by atoms with van der Waals surface area (Å²) in [5, 5.41) is 9.54. The van der Waals surface area contributed by atoms with Crippen molar-refractivity contribution in [1.29, 1.82) is 0 Å². The minimum atomic E-state index is -0.721. The van der Waals surface area contributed by atoms with Gasteiger partial charge in [0.15, 0.2) is 0 Å². The third-order valence-electron chi connectivity index (χ3n) is 5.44. The van der Waals surface area contributed by atoms with Crippen LogP contribution in [0.4, 0.5) is 5.69 Å². The molecule has 1 N–H and O–H groups in total. The predicted octanol–water partition coefficient (Wildman–Crippen LogP) is 2.97. The second-order valence-corrected chi connectivity index (χ2v) is 6.82. The summed E-state index contributed by atoms with van der Waals surface area (Å²) in [6.45, 7) is 3.83. The lowest BCUT2D eigenvalue weighted by molar-refractivity contribution is -0.148. The SMILES string of the molecule is CCOC(=O)C1CCCN(c2ccc(C3(C(=O)O)CCC3)cc2)C1. The molecule has 0 bridgehead atoms. The lowest BCUT2D eigenvalue weighted by Gasteiger charge is -2.38. The van der Waals surface area contributed by atoms with E-state index in [-0.39, 0.29) is 11.9 Å². The number of carboxylic acid groups (broad SMARTS) is 1. The molecule has 1 aliphatic heterocycles. The maximum Gasteiger partial charge on any atom is 0.314 e. The van der Waals surface area contributed by atoms with Crippen LogP contribution in [0.15, 0.2) is 24.3 Å². The lowest BCUT2D eigenvalue weighted by atomic mass is 9.64. The Morgan fingerprint density at radius 1 is 1.25 bits per heavy atom. The third-order valence-corrected chi connectivity index (χ3v) is 5.44. The maximum atomic E-state index is 12.0. The van der Waals surface area contributed by atoms with Crippen LogP contribution in [-0.2, 0) is 19.7 Å². The first kappa shape index (κ1) is 16.8. The monoisotopic (exact) mass is 331 g/mol. The number of benzene rings is 1. The highest BCUT2D eigenvalue weighted by Gasteiger charge is 2.45. The van der Waals surface area contributed by atoms with E-state index < -0.39 is 11.4 Å². The Hall–Kier alpha value is -2.04. The topological polar surface area (TPSA) is 66.8 Å². The molecule has 1 aromatic carbocycles. The summed E-state index contributed by atoms with van der Waals surface area (Å²) >= 11 is 0. The van der Waals surface area contributed by atoms with Crippen molar-refractivity contribution in [3.05, 3.63) is 29.8 Å². The summed E-state index contributed by atoms with van der Waals surface area (Å²) in [6.07, 6.45) is 4.24. The second-order valence-electron chi connectivity index (χ2n) is 6.82. The van der Waals surface area contributed by atoms with Crippen LogP contribution in [0, 0.1) is 5.92 Å². The molecule has 1 unspecified atom stereocenters. The highest BCUT2D eigenvalue weighted by atomic mass is 16.5. The number of hydrogen-bond donors (Lipinski definition) is 1. The van der Waals surface area contributed by atoms with Crippen LogP contribution in [0.2, 0.25) is 0 Å². The predicted molar refractivity (Wildman–Crippen MR) is 91.2 cm³/mol. The van der Waals surface area contributed by atoms with Gasteiger partial charge in [0.05, 0.1) is 17.9 Å². The Bertz CT molecular complexity index is 606. The van der Waals surface area contributed by atoms with Crippen molar-refractivity contribution in [2.75, 3.05) is 24.6 Å². The van der Waals surface area contributed by atoms with Crippen molar-refractivity contribution >= 4 is 17.6 Å². The summed E-state index contributed by atoms with van der Waals surface area (Å²) < 4.78 is 5.15. The maximum absolute atomic E-state index is 12.0. The number of esters is 1. The van der Waals surface area contributed by atoms with Crippen LogP contribution in [0.5, 0.6) is 0 Å². The van der Waals surface area contributed by atoms with Gasteiger partial charge in [-0.05, 0) is 50.3 Å². The molecular formula is C19H25NO4. The van der Waals surface area contributed by atoms with E-state index in [2.05, 4.69) is 4.90 Å². The van der Waals surface area contributed by atoms with Gasteiger partial charge in [-0.25, -0.2) is 0 Å². The lowest BCUT2D eigenvalue weighted by Crippen LogP contribution is -2.42. The fourth-order valence-corrected chi connectivity index (χ4v) is 3.81. The molecule has 1 atom stereocenters. The van der Waals surface area contributed by atoms with Crippen molar-refractivity contribution in [1.82, 2.24) is 0 Å². The molecule has 0 spiro atoms. The number of hydrogen-bond acceptors (Lipinski definition) is 4. The van der Waals surface area contributed by atoms with Crippen LogP contribution < -0.4 is 4.90 Å². The largest absolute Gasteiger partial charge is 0.481 e. The number of carboxylic acids is 1. The van der Waals surface area contributed by atoms with E-state index in [1.54, 1.807) is 0 Å². The van der Waals surface area contributed by atoms with E-state index in [9.17, 15) is 14.7 Å².